The van der Waals surface area contributed by atoms with Crippen LogP contribution in [-0.4, -0.2) is 16.9 Å². The number of nitrogens with one attached hydrogen (secondary N) is 1. The van der Waals surface area contributed by atoms with Crippen molar-refractivity contribution in [3.05, 3.63) is 42.1 Å². The number of nitrogens with zero attached hydrogens (tertiary/aromatic N) is 2. The normalized spacial score (nSPS) is 10.7. The summed E-state index contributed by atoms with van der Waals surface area (Å²) >= 11 is 0. The summed E-state index contributed by atoms with van der Waals surface area (Å²) in [6.07, 6.45) is 1.24. The summed E-state index contributed by atoms with van der Waals surface area (Å²) in [5, 5.41) is 6.66. The van der Waals surface area contributed by atoms with Crippen LogP contribution in [0.25, 0.3) is 0 Å². The number of anilines is 1. The molecule has 0 saturated heterocycles. The largest absolute Gasteiger partial charge is 0.497 e. The molecular formula is C12H13F2N3O. The Morgan fingerprint density at radius 1 is 1.28 bits per heavy atom. The molecule has 0 radical (unpaired) electrons. The molecule has 0 saturated carbocycles. The summed E-state index contributed by atoms with van der Waals surface area (Å²) < 4.78 is 30.2. The van der Waals surface area contributed by atoms with Crippen molar-refractivity contribution >= 4 is 5.82 Å². The molecule has 0 aliphatic carbocycles. The molecule has 0 bridgehead atoms. The average Bonchev–Trinajstić information content (AvgIpc) is 2.86. The van der Waals surface area contributed by atoms with Crippen LogP contribution in [0, 0.1) is 0 Å². The van der Waals surface area contributed by atoms with Crippen LogP contribution in [0.1, 0.15) is 12.1 Å². The van der Waals surface area contributed by atoms with E-state index in [4.69, 9.17) is 4.74 Å². The summed E-state index contributed by atoms with van der Waals surface area (Å²) in [6, 6.07) is 8.99. The molecule has 4 nitrogen and oxygen atoms in total. The van der Waals surface area contributed by atoms with Crippen LogP contribution in [-0.2, 0) is 6.54 Å². The topological polar surface area (TPSA) is 39.1 Å². The Morgan fingerprint density at radius 3 is 2.56 bits per heavy atom. The lowest BCUT2D eigenvalue weighted by atomic mass is 10.2. The van der Waals surface area contributed by atoms with Crippen LogP contribution in [0.4, 0.5) is 14.6 Å². The minimum absolute atomic E-state index is 0.422. The summed E-state index contributed by atoms with van der Waals surface area (Å²) in [6.45, 7) is -2.09. The number of benzene rings is 1. The van der Waals surface area contributed by atoms with Gasteiger partial charge in [-0.05, 0) is 17.7 Å². The Kier molecular flexibility index (Phi) is 3.76. The first kappa shape index (κ1) is 12.3. The molecule has 0 spiro atoms. The van der Waals surface area contributed by atoms with Crippen molar-refractivity contribution in [2.75, 3.05) is 12.4 Å². The van der Waals surface area contributed by atoms with E-state index < -0.39 is 6.55 Å². The van der Waals surface area contributed by atoms with Gasteiger partial charge in [-0.1, -0.05) is 12.1 Å². The third-order valence-electron chi connectivity index (χ3n) is 2.44. The van der Waals surface area contributed by atoms with E-state index >= 15 is 0 Å². The summed E-state index contributed by atoms with van der Waals surface area (Å²) in [4.78, 5) is 0. The van der Waals surface area contributed by atoms with Crippen molar-refractivity contribution in [1.29, 1.82) is 0 Å². The van der Waals surface area contributed by atoms with Gasteiger partial charge in [-0.25, -0.2) is 4.68 Å². The number of hydrogen-bond acceptors (Lipinski definition) is 3. The van der Waals surface area contributed by atoms with Crippen molar-refractivity contribution < 1.29 is 13.5 Å². The van der Waals surface area contributed by atoms with Gasteiger partial charge < -0.3 is 10.1 Å². The molecule has 0 fully saturated rings. The predicted octanol–water partition coefficient (Wildman–Crippen LogP) is 2.90. The number of ether oxygens (including phenoxy) is 1. The van der Waals surface area contributed by atoms with Crippen LogP contribution in [0.15, 0.2) is 36.5 Å². The summed E-state index contributed by atoms with van der Waals surface area (Å²) in [7, 11) is 1.60. The molecule has 1 aromatic carbocycles. The fourth-order valence-corrected chi connectivity index (χ4v) is 1.48. The van der Waals surface area contributed by atoms with Gasteiger partial charge in [0.1, 0.15) is 11.6 Å². The lowest BCUT2D eigenvalue weighted by Crippen LogP contribution is -2.03. The first-order valence-corrected chi connectivity index (χ1v) is 5.39. The van der Waals surface area contributed by atoms with Gasteiger partial charge in [0.2, 0.25) is 0 Å². The highest BCUT2D eigenvalue weighted by Gasteiger charge is 2.06. The molecule has 96 valence electrons. The fourth-order valence-electron chi connectivity index (χ4n) is 1.48. The number of methoxy groups -OCH3 is 1. The zero-order chi connectivity index (χ0) is 13.0. The Morgan fingerprint density at radius 2 is 2.00 bits per heavy atom. The molecule has 0 aliphatic rings. The Labute approximate surface area is 103 Å². The third-order valence-corrected chi connectivity index (χ3v) is 2.44. The lowest BCUT2D eigenvalue weighted by molar-refractivity contribution is 0.0569. The molecule has 2 rings (SSSR count). The molecule has 18 heavy (non-hydrogen) atoms. The lowest BCUT2D eigenvalue weighted by Gasteiger charge is -2.04. The van der Waals surface area contributed by atoms with E-state index in [1.807, 2.05) is 24.3 Å². The van der Waals surface area contributed by atoms with Gasteiger partial charge in [0.15, 0.2) is 0 Å². The van der Waals surface area contributed by atoms with E-state index in [1.165, 1.54) is 12.3 Å². The van der Waals surface area contributed by atoms with Crippen molar-refractivity contribution in [1.82, 2.24) is 9.78 Å². The Bertz CT molecular complexity index is 496. The number of aromatic nitrogens is 2. The number of rotatable bonds is 5. The van der Waals surface area contributed by atoms with Crippen molar-refractivity contribution in [2.24, 2.45) is 0 Å². The van der Waals surface area contributed by atoms with Crippen molar-refractivity contribution in [3.63, 3.8) is 0 Å². The molecule has 0 aliphatic heterocycles. The molecule has 2 aromatic rings. The van der Waals surface area contributed by atoms with Crippen LogP contribution in [0.2, 0.25) is 0 Å². The SMILES string of the molecule is COc1ccc(CNc2ccn(C(F)F)n2)cc1. The highest BCUT2D eigenvalue weighted by molar-refractivity contribution is 5.35. The van der Waals surface area contributed by atoms with Crippen molar-refractivity contribution in [2.45, 2.75) is 13.1 Å². The van der Waals surface area contributed by atoms with Gasteiger partial charge in [-0.2, -0.15) is 13.9 Å². The molecule has 0 amide bonds. The van der Waals surface area contributed by atoms with E-state index in [2.05, 4.69) is 10.4 Å². The molecule has 0 unspecified atom stereocenters. The maximum atomic E-state index is 12.3. The number of alkyl halides is 2. The second-order valence-corrected chi connectivity index (χ2v) is 3.66. The van der Waals surface area contributed by atoms with E-state index in [9.17, 15) is 8.78 Å². The predicted molar refractivity (Wildman–Crippen MR) is 63.8 cm³/mol. The maximum Gasteiger partial charge on any atom is 0.333 e. The van der Waals surface area contributed by atoms with Crippen LogP contribution >= 0.6 is 0 Å². The monoisotopic (exact) mass is 253 g/mol. The minimum atomic E-state index is -2.61. The molecule has 1 aromatic heterocycles. The van der Waals surface area contributed by atoms with Crippen LogP contribution in [0.5, 0.6) is 5.75 Å². The Hall–Kier alpha value is -2.11. The van der Waals surface area contributed by atoms with Gasteiger partial charge in [-0.3, -0.25) is 0 Å². The van der Waals surface area contributed by atoms with Crippen molar-refractivity contribution in [3.8, 4) is 5.75 Å². The summed E-state index contributed by atoms with van der Waals surface area (Å²) in [5.41, 5.74) is 1.02. The van der Waals surface area contributed by atoms with E-state index in [0.717, 1.165) is 11.3 Å². The number of hydrogen-bond donors (Lipinski definition) is 1. The van der Waals surface area contributed by atoms with Crippen LogP contribution < -0.4 is 10.1 Å². The maximum absolute atomic E-state index is 12.3. The zero-order valence-corrected chi connectivity index (χ0v) is 9.81. The average molecular weight is 253 g/mol. The van der Waals surface area contributed by atoms with Crippen LogP contribution in [0.3, 0.4) is 0 Å². The second-order valence-electron chi connectivity index (χ2n) is 3.66. The van der Waals surface area contributed by atoms with Gasteiger partial charge in [0, 0.05) is 18.8 Å². The molecule has 1 heterocycles. The van der Waals surface area contributed by atoms with E-state index in [-0.39, 0.29) is 0 Å². The zero-order valence-electron chi connectivity index (χ0n) is 9.81. The Balaban J connectivity index is 1.93. The molecule has 6 heteroatoms. The first-order chi connectivity index (χ1) is 8.69. The number of halogens is 2. The molecule has 0 atom stereocenters. The summed E-state index contributed by atoms with van der Waals surface area (Å²) in [5.74, 6) is 1.20. The smallest absolute Gasteiger partial charge is 0.333 e. The van der Waals surface area contributed by atoms with Gasteiger partial charge >= 0.3 is 6.55 Å². The van der Waals surface area contributed by atoms with Gasteiger partial charge in [0.25, 0.3) is 0 Å². The molecule has 1 N–H and O–H groups in total. The standard InChI is InChI=1S/C12H13F2N3O/c1-18-10-4-2-9(3-5-10)8-15-11-6-7-17(16-11)12(13)14/h2-7,12H,8H2,1H3,(H,15,16). The van der Waals surface area contributed by atoms with E-state index in [1.54, 1.807) is 7.11 Å². The fraction of sp³-hybridized carbons (Fsp3) is 0.250. The third kappa shape index (κ3) is 2.97. The van der Waals surface area contributed by atoms with Gasteiger partial charge in [0.05, 0.1) is 7.11 Å². The van der Waals surface area contributed by atoms with Gasteiger partial charge in [-0.15, -0.1) is 0 Å². The highest BCUT2D eigenvalue weighted by atomic mass is 19.3. The second kappa shape index (κ2) is 5.48. The molecular weight excluding hydrogens is 240 g/mol. The highest BCUT2D eigenvalue weighted by Crippen LogP contribution is 2.14. The van der Waals surface area contributed by atoms with E-state index in [0.29, 0.717) is 17.0 Å². The first-order valence-electron chi connectivity index (χ1n) is 5.39. The minimum Gasteiger partial charge on any atom is -0.497 e. The quantitative estimate of drug-likeness (QED) is 0.890.